The molecule has 0 saturated carbocycles. The molecule has 0 fully saturated rings. The smallest absolute Gasteiger partial charge is 0.312 e. The highest BCUT2D eigenvalue weighted by Gasteiger charge is 2.35. The average Bonchev–Trinajstić information content (AvgIpc) is 3.21. The van der Waals surface area contributed by atoms with E-state index in [1.165, 1.54) is 0 Å². The molecular weight excluding hydrogens is 336 g/mol. The van der Waals surface area contributed by atoms with Gasteiger partial charge < -0.3 is 10.0 Å². The highest BCUT2D eigenvalue weighted by Crippen LogP contribution is 2.36. The van der Waals surface area contributed by atoms with Gasteiger partial charge >= 0.3 is 5.97 Å². The van der Waals surface area contributed by atoms with Gasteiger partial charge in [0, 0.05) is 25.1 Å². The standard InChI is InChI=1S/C19H16N2O3S/c22-18(10-9-17-20-14-6-2-4-8-16(14)25-17)21-11-13(19(23)24)12-5-1-3-7-15(12)21/h1-8,13H,9-11H2,(H,23,24)/t13-/m0/s1. The van der Waals surface area contributed by atoms with Crippen LogP contribution in [0, 0.1) is 0 Å². The Morgan fingerprint density at radius 1 is 1.16 bits per heavy atom. The van der Waals surface area contributed by atoms with Gasteiger partial charge in [0.05, 0.1) is 15.2 Å². The largest absolute Gasteiger partial charge is 0.481 e. The lowest BCUT2D eigenvalue weighted by Gasteiger charge is -2.17. The molecular formula is C19H16N2O3S. The molecule has 0 bridgehead atoms. The molecule has 1 N–H and O–H groups in total. The first kappa shape index (κ1) is 15.8. The first-order valence-electron chi connectivity index (χ1n) is 8.10. The zero-order valence-corrected chi connectivity index (χ0v) is 14.2. The molecule has 1 aliphatic rings. The number of aryl methyl sites for hydroxylation is 1. The molecule has 25 heavy (non-hydrogen) atoms. The van der Waals surface area contributed by atoms with Crippen molar-refractivity contribution in [3.05, 3.63) is 59.1 Å². The summed E-state index contributed by atoms with van der Waals surface area (Å²) < 4.78 is 1.11. The third-order valence-electron chi connectivity index (χ3n) is 4.46. The molecule has 0 aliphatic carbocycles. The molecule has 0 unspecified atom stereocenters. The summed E-state index contributed by atoms with van der Waals surface area (Å²) in [5.41, 5.74) is 2.37. The average molecular weight is 352 g/mol. The minimum atomic E-state index is -0.895. The van der Waals surface area contributed by atoms with Crippen LogP contribution in [0.5, 0.6) is 0 Å². The topological polar surface area (TPSA) is 70.5 Å². The van der Waals surface area contributed by atoms with Crippen LogP contribution >= 0.6 is 11.3 Å². The molecule has 2 heterocycles. The summed E-state index contributed by atoms with van der Waals surface area (Å²) in [6, 6.07) is 15.1. The normalized spacial score (nSPS) is 16.2. The molecule has 126 valence electrons. The second-order valence-corrected chi connectivity index (χ2v) is 7.14. The van der Waals surface area contributed by atoms with E-state index in [4.69, 9.17) is 0 Å². The van der Waals surface area contributed by atoms with Crippen molar-refractivity contribution in [2.75, 3.05) is 11.4 Å². The second kappa shape index (κ2) is 6.29. The lowest BCUT2D eigenvalue weighted by atomic mass is 10.0. The molecule has 1 atom stereocenters. The predicted octanol–water partition coefficient (Wildman–Crippen LogP) is 3.44. The van der Waals surface area contributed by atoms with E-state index < -0.39 is 11.9 Å². The Kier molecular flexibility index (Phi) is 3.97. The summed E-state index contributed by atoms with van der Waals surface area (Å²) in [6.07, 6.45) is 0.884. The first-order chi connectivity index (χ1) is 12.1. The van der Waals surface area contributed by atoms with Crippen LogP contribution in [0.25, 0.3) is 10.2 Å². The number of carboxylic acids is 1. The lowest BCUT2D eigenvalue weighted by molar-refractivity contribution is -0.138. The molecule has 1 aliphatic heterocycles. The third-order valence-corrected chi connectivity index (χ3v) is 5.55. The number of carboxylic acid groups (broad SMARTS) is 1. The van der Waals surface area contributed by atoms with E-state index >= 15 is 0 Å². The fourth-order valence-corrected chi connectivity index (χ4v) is 4.20. The number of rotatable bonds is 4. The molecule has 4 rings (SSSR count). The van der Waals surface area contributed by atoms with Crippen molar-refractivity contribution < 1.29 is 14.7 Å². The van der Waals surface area contributed by atoms with Crippen LogP contribution in [0.2, 0.25) is 0 Å². The summed E-state index contributed by atoms with van der Waals surface area (Å²) >= 11 is 1.60. The number of aromatic nitrogens is 1. The number of carbonyl (C=O) groups is 2. The van der Waals surface area contributed by atoms with E-state index in [0.29, 0.717) is 24.1 Å². The zero-order chi connectivity index (χ0) is 17.4. The minimum Gasteiger partial charge on any atom is -0.481 e. The van der Waals surface area contributed by atoms with Gasteiger partial charge in [-0.2, -0.15) is 0 Å². The summed E-state index contributed by atoms with van der Waals surface area (Å²) in [6.45, 7) is 0.202. The van der Waals surface area contributed by atoms with Gasteiger partial charge in [-0.1, -0.05) is 30.3 Å². The molecule has 0 radical (unpaired) electrons. The number of benzene rings is 2. The lowest BCUT2D eigenvalue weighted by Crippen LogP contribution is -2.31. The molecule has 0 spiro atoms. The van der Waals surface area contributed by atoms with Gasteiger partial charge in [0.25, 0.3) is 0 Å². The molecule has 1 aromatic heterocycles. The third kappa shape index (κ3) is 2.89. The number of fused-ring (bicyclic) bond motifs is 2. The maximum absolute atomic E-state index is 12.7. The summed E-state index contributed by atoms with van der Waals surface area (Å²) in [5.74, 6) is -1.60. The number of hydrogen-bond donors (Lipinski definition) is 1. The van der Waals surface area contributed by atoms with Crippen LogP contribution in [0.1, 0.15) is 22.9 Å². The van der Waals surface area contributed by atoms with Gasteiger partial charge in [-0.05, 0) is 23.8 Å². The Bertz CT molecular complexity index is 933. The number of thiazole rings is 1. The SMILES string of the molecule is O=C(O)[C@H]1CN(C(=O)CCc2nc3ccccc3s2)c2ccccc21. The maximum atomic E-state index is 12.7. The number of aliphatic carboxylic acids is 1. The van der Waals surface area contributed by atoms with Gasteiger partial charge in [0.2, 0.25) is 5.91 Å². The molecule has 3 aromatic rings. The van der Waals surface area contributed by atoms with E-state index in [-0.39, 0.29) is 12.5 Å². The molecule has 5 nitrogen and oxygen atoms in total. The molecule has 1 amide bonds. The Labute approximate surface area is 148 Å². The number of para-hydroxylation sites is 2. The monoisotopic (exact) mass is 352 g/mol. The number of carbonyl (C=O) groups excluding carboxylic acids is 1. The van der Waals surface area contributed by atoms with Gasteiger partial charge in [-0.25, -0.2) is 4.98 Å². The number of anilines is 1. The van der Waals surface area contributed by atoms with Crippen molar-refractivity contribution in [1.29, 1.82) is 0 Å². The number of hydrogen-bond acceptors (Lipinski definition) is 4. The van der Waals surface area contributed by atoms with E-state index in [2.05, 4.69) is 4.98 Å². The quantitative estimate of drug-likeness (QED) is 0.781. The van der Waals surface area contributed by atoms with Crippen LogP contribution in [0.15, 0.2) is 48.5 Å². The van der Waals surface area contributed by atoms with E-state index in [1.54, 1.807) is 22.3 Å². The minimum absolute atomic E-state index is 0.0598. The van der Waals surface area contributed by atoms with Crippen molar-refractivity contribution in [2.45, 2.75) is 18.8 Å². The highest BCUT2D eigenvalue weighted by atomic mass is 32.1. The Hall–Kier alpha value is -2.73. The van der Waals surface area contributed by atoms with Crippen molar-refractivity contribution in [1.82, 2.24) is 4.98 Å². The maximum Gasteiger partial charge on any atom is 0.312 e. The second-order valence-electron chi connectivity index (χ2n) is 6.03. The molecule has 2 aromatic carbocycles. The molecule has 0 saturated heterocycles. The number of nitrogens with zero attached hydrogens (tertiary/aromatic N) is 2. The molecule has 6 heteroatoms. The van der Waals surface area contributed by atoms with Gasteiger partial charge in [-0.3, -0.25) is 9.59 Å². The van der Waals surface area contributed by atoms with Gasteiger partial charge in [0.15, 0.2) is 0 Å². The van der Waals surface area contributed by atoms with E-state index in [0.717, 1.165) is 15.2 Å². The summed E-state index contributed by atoms with van der Waals surface area (Å²) in [7, 11) is 0. The van der Waals surface area contributed by atoms with Crippen molar-refractivity contribution in [3.8, 4) is 0 Å². The fourth-order valence-electron chi connectivity index (χ4n) is 3.23. The van der Waals surface area contributed by atoms with Crippen LogP contribution in [0.4, 0.5) is 5.69 Å². The number of amides is 1. The van der Waals surface area contributed by atoms with E-state index in [9.17, 15) is 14.7 Å². The van der Waals surface area contributed by atoms with Crippen LogP contribution < -0.4 is 4.90 Å². The zero-order valence-electron chi connectivity index (χ0n) is 13.4. The summed E-state index contributed by atoms with van der Waals surface area (Å²) in [5, 5.41) is 10.3. The Morgan fingerprint density at radius 3 is 2.72 bits per heavy atom. The predicted molar refractivity (Wildman–Crippen MR) is 97.1 cm³/mol. The van der Waals surface area contributed by atoms with Gasteiger partial charge in [-0.15, -0.1) is 11.3 Å². The highest BCUT2D eigenvalue weighted by molar-refractivity contribution is 7.18. The van der Waals surface area contributed by atoms with Gasteiger partial charge in [0.1, 0.15) is 5.92 Å². The van der Waals surface area contributed by atoms with Crippen molar-refractivity contribution in [2.24, 2.45) is 0 Å². The first-order valence-corrected chi connectivity index (χ1v) is 8.91. The Balaban J connectivity index is 1.50. The fraction of sp³-hybridized carbons (Fsp3) is 0.211. The van der Waals surface area contributed by atoms with Crippen LogP contribution in [-0.4, -0.2) is 28.5 Å². The van der Waals surface area contributed by atoms with E-state index in [1.807, 2.05) is 42.5 Å². The Morgan fingerprint density at radius 2 is 1.92 bits per heavy atom. The summed E-state index contributed by atoms with van der Waals surface area (Å²) in [4.78, 5) is 30.3. The van der Waals surface area contributed by atoms with Crippen molar-refractivity contribution >= 4 is 39.1 Å². The van der Waals surface area contributed by atoms with Crippen LogP contribution in [-0.2, 0) is 16.0 Å². The van der Waals surface area contributed by atoms with Crippen LogP contribution in [0.3, 0.4) is 0 Å². The van der Waals surface area contributed by atoms with Crippen molar-refractivity contribution in [3.63, 3.8) is 0 Å².